The predicted octanol–water partition coefficient (Wildman–Crippen LogP) is 5.75. The molecule has 0 spiro atoms. The summed E-state index contributed by atoms with van der Waals surface area (Å²) in [5.41, 5.74) is 2.02. The molecule has 0 heterocycles. The maximum absolute atomic E-state index is 13.3. The monoisotopic (exact) mass is 358 g/mol. The van der Waals surface area contributed by atoms with E-state index >= 15 is 0 Å². The van der Waals surface area contributed by atoms with Crippen LogP contribution in [0.2, 0.25) is 0 Å². The second kappa shape index (κ2) is 8.30. The van der Waals surface area contributed by atoms with Crippen molar-refractivity contribution in [2.75, 3.05) is 0 Å². The normalized spacial score (nSPS) is 21.3. The first-order valence-electron chi connectivity index (χ1n) is 8.85. The third-order valence-corrected chi connectivity index (χ3v) is 4.85. The lowest BCUT2D eigenvalue weighted by atomic mass is 9.79. The van der Waals surface area contributed by atoms with Crippen LogP contribution in [-0.2, 0) is 0 Å². The average Bonchev–Trinajstić information content (AvgIpc) is 2.65. The lowest BCUT2D eigenvalue weighted by molar-refractivity contribution is 0.344. The summed E-state index contributed by atoms with van der Waals surface area (Å²) in [5.74, 6) is -2.92. The van der Waals surface area contributed by atoms with E-state index in [1.807, 2.05) is 30.3 Å². The molecule has 1 aliphatic rings. The molecule has 0 saturated heterocycles. The van der Waals surface area contributed by atoms with Gasteiger partial charge in [0.1, 0.15) is 0 Å². The summed E-state index contributed by atoms with van der Waals surface area (Å²) in [6.07, 6.45) is 5.64. The Morgan fingerprint density at radius 1 is 0.962 bits per heavy atom. The van der Waals surface area contributed by atoms with Crippen molar-refractivity contribution < 1.29 is 13.2 Å². The lowest BCUT2D eigenvalue weighted by Crippen LogP contribution is -2.21. The molecule has 5 heteroatoms. The zero-order valence-electron chi connectivity index (χ0n) is 14.6. The van der Waals surface area contributed by atoms with Gasteiger partial charge in [-0.1, -0.05) is 50.1 Å². The van der Waals surface area contributed by atoms with E-state index in [0.717, 1.165) is 55.0 Å². The first kappa shape index (κ1) is 18.4. The van der Waals surface area contributed by atoms with Crippen LogP contribution in [0.1, 0.15) is 43.7 Å². The number of halogens is 3. The van der Waals surface area contributed by atoms with Gasteiger partial charge in [0.05, 0.1) is 11.9 Å². The summed E-state index contributed by atoms with van der Waals surface area (Å²) >= 11 is 0. The Morgan fingerprint density at radius 2 is 1.58 bits per heavy atom. The van der Waals surface area contributed by atoms with Crippen LogP contribution in [0.4, 0.5) is 13.2 Å². The molecule has 136 valence electrons. The molecule has 0 amide bonds. The second-order valence-corrected chi connectivity index (χ2v) is 6.85. The second-order valence-electron chi connectivity index (χ2n) is 6.85. The summed E-state index contributed by atoms with van der Waals surface area (Å²) in [6.45, 7) is 2.26. The summed E-state index contributed by atoms with van der Waals surface area (Å²) in [5, 5.41) is 8.40. The molecule has 1 aliphatic carbocycles. The van der Waals surface area contributed by atoms with Crippen molar-refractivity contribution in [1.29, 1.82) is 0 Å². The Morgan fingerprint density at radius 3 is 2.19 bits per heavy atom. The van der Waals surface area contributed by atoms with Crippen LogP contribution in [0.15, 0.2) is 52.7 Å². The third kappa shape index (κ3) is 4.40. The van der Waals surface area contributed by atoms with Crippen LogP contribution < -0.4 is 0 Å². The summed E-state index contributed by atoms with van der Waals surface area (Å²) in [6, 6.07) is 11.6. The zero-order valence-corrected chi connectivity index (χ0v) is 14.6. The fraction of sp³-hybridized carbons (Fsp3) is 0.333. The van der Waals surface area contributed by atoms with E-state index in [1.165, 1.54) is 6.21 Å². The predicted molar refractivity (Wildman–Crippen MR) is 98.0 cm³/mol. The molecule has 0 atom stereocenters. The Hall–Kier alpha value is -2.43. The molecule has 3 rings (SSSR count). The highest BCUT2D eigenvalue weighted by Gasteiger charge is 2.23. The fourth-order valence-corrected chi connectivity index (χ4v) is 3.32. The van der Waals surface area contributed by atoms with Gasteiger partial charge in [0.15, 0.2) is 17.5 Å². The number of hydrogen-bond acceptors (Lipinski definition) is 2. The minimum absolute atomic E-state index is 0.134. The van der Waals surface area contributed by atoms with E-state index in [4.69, 9.17) is 0 Å². The smallest absolute Gasteiger partial charge is 0.194 e. The van der Waals surface area contributed by atoms with E-state index in [2.05, 4.69) is 17.1 Å². The topological polar surface area (TPSA) is 24.7 Å². The van der Waals surface area contributed by atoms with Crippen LogP contribution in [0, 0.1) is 29.3 Å². The Bertz CT molecular complexity index is 784. The van der Waals surface area contributed by atoms with Gasteiger partial charge in [-0.3, -0.25) is 0 Å². The molecule has 0 aliphatic heterocycles. The van der Waals surface area contributed by atoms with E-state index < -0.39 is 17.5 Å². The Kier molecular flexibility index (Phi) is 5.86. The van der Waals surface area contributed by atoms with Crippen molar-refractivity contribution in [2.24, 2.45) is 22.0 Å². The Balaban J connectivity index is 1.87. The molecule has 1 saturated carbocycles. The minimum atomic E-state index is -1.48. The molecule has 1 fully saturated rings. The van der Waals surface area contributed by atoms with Gasteiger partial charge in [-0.15, -0.1) is 0 Å². The van der Waals surface area contributed by atoms with Gasteiger partial charge in [0.2, 0.25) is 0 Å². The SMILES string of the molecule is CC1CCC(C(=NN=Cc2cc(F)c(F)c(F)c2)c2ccccc2)CC1. The van der Waals surface area contributed by atoms with Gasteiger partial charge in [-0.05, 0) is 36.5 Å². The highest BCUT2D eigenvalue weighted by atomic mass is 19.2. The number of nitrogens with zero attached hydrogens (tertiary/aromatic N) is 2. The van der Waals surface area contributed by atoms with E-state index in [9.17, 15) is 13.2 Å². The quantitative estimate of drug-likeness (QED) is 0.377. The number of rotatable bonds is 4. The third-order valence-electron chi connectivity index (χ3n) is 4.85. The molecule has 2 aromatic rings. The van der Waals surface area contributed by atoms with E-state index in [0.29, 0.717) is 5.92 Å². The highest BCUT2D eigenvalue weighted by molar-refractivity contribution is 6.02. The number of hydrogen-bond donors (Lipinski definition) is 0. The molecule has 0 N–H and O–H groups in total. The van der Waals surface area contributed by atoms with E-state index in [1.54, 1.807) is 0 Å². The van der Waals surface area contributed by atoms with Crippen molar-refractivity contribution in [3.63, 3.8) is 0 Å². The molecule has 26 heavy (non-hydrogen) atoms. The van der Waals surface area contributed by atoms with Gasteiger partial charge >= 0.3 is 0 Å². The fourth-order valence-electron chi connectivity index (χ4n) is 3.32. The largest absolute Gasteiger partial charge is 0.204 e. The maximum atomic E-state index is 13.3. The molecule has 0 unspecified atom stereocenters. The molecule has 0 radical (unpaired) electrons. The van der Waals surface area contributed by atoms with Crippen LogP contribution in [0.25, 0.3) is 0 Å². The molecule has 0 bridgehead atoms. The van der Waals surface area contributed by atoms with Gasteiger partial charge in [-0.2, -0.15) is 10.2 Å². The summed E-state index contributed by atoms with van der Waals surface area (Å²) < 4.78 is 39.6. The summed E-state index contributed by atoms with van der Waals surface area (Å²) in [4.78, 5) is 0. The minimum Gasteiger partial charge on any atom is -0.204 e. The average molecular weight is 358 g/mol. The summed E-state index contributed by atoms with van der Waals surface area (Å²) in [7, 11) is 0. The molecular weight excluding hydrogens is 337 g/mol. The van der Waals surface area contributed by atoms with Crippen LogP contribution in [0.3, 0.4) is 0 Å². The highest BCUT2D eigenvalue weighted by Crippen LogP contribution is 2.31. The van der Waals surface area contributed by atoms with Crippen molar-refractivity contribution in [2.45, 2.75) is 32.6 Å². The molecule has 2 nitrogen and oxygen atoms in total. The van der Waals surface area contributed by atoms with Gasteiger partial charge in [0.25, 0.3) is 0 Å². The van der Waals surface area contributed by atoms with Crippen molar-refractivity contribution >= 4 is 11.9 Å². The molecular formula is C21H21F3N2. The zero-order chi connectivity index (χ0) is 18.5. The standard InChI is InChI=1S/C21H21F3N2/c1-14-7-9-17(10-8-14)21(16-5-3-2-4-6-16)26-25-13-15-11-18(22)20(24)19(23)12-15/h2-6,11-14,17H,7-10H2,1H3. The van der Waals surface area contributed by atoms with Gasteiger partial charge < -0.3 is 0 Å². The number of benzene rings is 2. The van der Waals surface area contributed by atoms with Crippen LogP contribution in [-0.4, -0.2) is 11.9 Å². The van der Waals surface area contributed by atoms with E-state index in [-0.39, 0.29) is 5.56 Å². The van der Waals surface area contributed by atoms with Crippen molar-refractivity contribution in [3.05, 3.63) is 71.0 Å². The van der Waals surface area contributed by atoms with Crippen molar-refractivity contribution in [3.8, 4) is 0 Å². The first-order chi connectivity index (χ1) is 12.5. The van der Waals surface area contributed by atoms with Crippen LogP contribution >= 0.6 is 0 Å². The maximum Gasteiger partial charge on any atom is 0.194 e. The molecule has 2 aromatic carbocycles. The van der Waals surface area contributed by atoms with Gasteiger partial charge in [0, 0.05) is 11.5 Å². The Labute approximate surface area is 151 Å². The lowest BCUT2D eigenvalue weighted by Gasteiger charge is -2.27. The van der Waals surface area contributed by atoms with Crippen molar-refractivity contribution in [1.82, 2.24) is 0 Å². The van der Waals surface area contributed by atoms with Gasteiger partial charge in [-0.25, -0.2) is 13.2 Å². The van der Waals surface area contributed by atoms with Crippen LogP contribution in [0.5, 0.6) is 0 Å². The molecule has 0 aromatic heterocycles. The first-order valence-corrected chi connectivity index (χ1v) is 8.85.